The summed E-state index contributed by atoms with van der Waals surface area (Å²) in [6.07, 6.45) is 3.36. The number of ether oxygens (including phenoxy) is 1. The summed E-state index contributed by atoms with van der Waals surface area (Å²) in [5.74, 6) is -0.812. The predicted octanol–water partition coefficient (Wildman–Crippen LogP) is 1.50. The summed E-state index contributed by atoms with van der Waals surface area (Å²) in [7, 11) is 0. The van der Waals surface area contributed by atoms with Gasteiger partial charge in [0.25, 0.3) is 5.22 Å². The second-order valence-electron chi connectivity index (χ2n) is 3.24. The highest BCUT2D eigenvalue weighted by Gasteiger charge is 2.17. The van der Waals surface area contributed by atoms with Crippen LogP contribution in [0.2, 0.25) is 0 Å². The number of hydrogen-bond donors (Lipinski definition) is 0. The van der Waals surface area contributed by atoms with E-state index in [1.807, 2.05) is 6.92 Å². The zero-order valence-electron chi connectivity index (χ0n) is 9.78. The van der Waals surface area contributed by atoms with Gasteiger partial charge in [-0.05, 0) is 19.4 Å². The molecule has 0 saturated carbocycles. The Balaban J connectivity index is 2.06. The van der Waals surface area contributed by atoms with E-state index in [0.717, 1.165) is 17.3 Å². The van der Waals surface area contributed by atoms with Gasteiger partial charge in [0.1, 0.15) is 0 Å². The molecule has 0 radical (unpaired) electrons. The number of hydrogen-bond acceptors (Lipinski definition) is 8. The lowest BCUT2D eigenvalue weighted by atomic mass is 10.4. The van der Waals surface area contributed by atoms with Crippen molar-refractivity contribution in [1.29, 1.82) is 0 Å². The van der Waals surface area contributed by atoms with Gasteiger partial charge >= 0.3 is 11.9 Å². The van der Waals surface area contributed by atoms with Crippen molar-refractivity contribution in [3.8, 4) is 0 Å². The molecular formula is C10H10N4O3S. The molecule has 2 aromatic rings. The molecule has 0 N–H and O–H groups in total. The van der Waals surface area contributed by atoms with Gasteiger partial charge < -0.3 is 9.15 Å². The second-order valence-corrected chi connectivity index (χ2v) is 4.16. The minimum absolute atomic E-state index is 0.175. The first kappa shape index (κ1) is 12.5. The molecule has 0 spiro atoms. The highest BCUT2D eigenvalue weighted by Crippen LogP contribution is 2.22. The lowest BCUT2D eigenvalue weighted by Gasteiger charge is -1.95. The van der Waals surface area contributed by atoms with Crippen LogP contribution in [0.15, 0.2) is 27.2 Å². The number of rotatable bonds is 4. The first-order chi connectivity index (χ1) is 8.69. The van der Waals surface area contributed by atoms with Gasteiger partial charge in [0.15, 0.2) is 5.16 Å². The Hall–Kier alpha value is -1.96. The van der Waals surface area contributed by atoms with Crippen LogP contribution in [0.4, 0.5) is 0 Å². The SMILES string of the molecule is CCOC(=O)c1nnc(Sc2ncc(C)cn2)o1. The van der Waals surface area contributed by atoms with Crippen molar-refractivity contribution in [2.75, 3.05) is 6.61 Å². The van der Waals surface area contributed by atoms with E-state index in [1.54, 1.807) is 19.3 Å². The minimum Gasteiger partial charge on any atom is -0.459 e. The highest BCUT2D eigenvalue weighted by molar-refractivity contribution is 7.98. The Morgan fingerprint density at radius 3 is 2.78 bits per heavy atom. The van der Waals surface area contributed by atoms with E-state index in [4.69, 9.17) is 9.15 Å². The molecule has 0 saturated heterocycles. The van der Waals surface area contributed by atoms with Gasteiger partial charge in [-0.3, -0.25) is 0 Å². The summed E-state index contributed by atoms with van der Waals surface area (Å²) in [6.45, 7) is 3.84. The van der Waals surface area contributed by atoms with Crippen LogP contribution in [0.1, 0.15) is 23.2 Å². The maximum Gasteiger partial charge on any atom is 0.396 e. The van der Waals surface area contributed by atoms with Crippen LogP contribution >= 0.6 is 11.8 Å². The molecule has 0 amide bonds. The van der Waals surface area contributed by atoms with Crippen molar-refractivity contribution in [3.05, 3.63) is 23.8 Å². The largest absolute Gasteiger partial charge is 0.459 e. The molecule has 0 unspecified atom stereocenters. The van der Waals surface area contributed by atoms with Crippen molar-refractivity contribution in [1.82, 2.24) is 20.2 Å². The Bertz CT molecular complexity index is 540. The summed E-state index contributed by atoms with van der Waals surface area (Å²) in [4.78, 5) is 19.4. The Kier molecular flexibility index (Phi) is 3.88. The van der Waals surface area contributed by atoms with Gasteiger partial charge in [-0.15, -0.1) is 5.10 Å². The molecule has 0 bridgehead atoms. The molecular weight excluding hydrogens is 256 g/mol. The normalized spacial score (nSPS) is 10.3. The molecule has 94 valence electrons. The predicted molar refractivity (Wildman–Crippen MR) is 61.1 cm³/mol. The quantitative estimate of drug-likeness (QED) is 0.607. The molecule has 8 heteroatoms. The number of aromatic nitrogens is 4. The smallest absolute Gasteiger partial charge is 0.396 e. The summed E-state index contributed by atoms with van der Waals surface area (Å²) in [6, 6.07) is 0. The van der Waals surface area contributed by atoms with Crippen LogP contribution in [0.25, 0.3) is 0 Å². The van der Waals surface area contributed by atoms with Crippen LogP contribution in [-0.2, 0) is 4.74 Å². The van der Waals surface area contributed by atoms with E-state index in [2.05, 4.69) is 20.2 Å². The van der Waals surface area contributed by atoms with E-state index in [1.165, 1.54) is 0 Å². The van der Waals surface area contributed by atoms with Crippen molar-refractivity contribution in [3.63, 3.8) is 0 Å². The molecule has 0 aliphatic heterocycles. The van der Waals surface area contributed by atoms with Gasteiger partial charge in [0.05, 0.1) is 6.61 Å². The fourth-order valence-electron chi connectivity index (χ4n) is 1.04. The number of aryl methyl sites for hydroxylation is 1. The molecule has 7 nitrogen and oxygen atoms in total. The van der Waals surface area contributed by atoms with Gasteiger partial charge in [0, 0.05) is 24.2 Å². The van der Waals surface area contributed by atoms with E-state index in [9.17, 15) is 4.79 Å². The average molecular weight is 266 g/mol. The van der Waals surface area contributed by atoms with E-state index >= 15 is 0 Å². The van der Waals surface area contributed by atoms with Gasteiger partial charge in [-0.1, -0.05) is 5.10 Å². The van der Waals surface area contributed by atoms with E-state index < -0.39 is 5.97 Å². The monoisotopic (exact) mass is 266 g/mol. The van der Waals surface area contributed by atoms with Crippen LogP contribution in [-0.4, -0.2) is 32.7 Å². The number of carbonyl (C=O) groups is 1. The van der Waals surface area contributed by atoms with Crippen molar-refractivity contribution >= 4 is 17.7 Å². The summed E-state index contributed by atoms with van der Waals surface area (Å²) in [5, 5.41) is 7.95. The zero-order chi connectivity index (χ0) is 13.0. The first-order valence-electron chi connectivity index (χ1n) is 5.16. The van der Waals surface area contributed by atoms with Crippen molar-refractivity contribution in [2.45, 2.75) is 24.2 Å². The third-order valence-corrected chi connectivity index (χ3v) is 2.53. The van der Waals surface area contributed by atoms with Crippen LogP contribution in [0.3, 0.4) is 0 Å². The van der Waals surface area contributed by atoms with E-state index in [-0.39, 0.29) is 17.7 Å². The molecule has 2 rings (SSSR count). The summed E-state index contributed by atoms with van der Waals surface area (Å²) < 4.78 is 9.85. The Morgan fingerprint density at radius 2 is 2.11 bits per heavy atom. The second kappa shape index (κ2) is 5.58. The number of nitrogens with zero attached hydrogens (tertiary/aromatic N) is 4. The van der Waals surface area contributed by atoms with Crippen LogP contribution in [0.5, 0.6) is 0 Å². The molecule has 0 atom stereocenters. The van der Waals surface area contributed by atoms with Crippen LogP contribution in [0, 0.1) is 6.92 Å². The van der Waals surface area contributed by atoms with Crippen molar-refractivity contribution < 1.29 is 13.9 Å². The zero-order valence-corrected chi connectivity index (χ0v) is 10.6. The number of carbonyl (C=O) groups excluding carboxylic acids is 1. The molecule has 0 aliphatic rings. The average Bonchev–Trinajstić information content (AvgIpc) is 2.81. The van der Waals surface area contributed by atoms with Gasteiger partial charge in [-0.25, -0.2) is 14.8 Å². The van der Waals surface area contributed by atoms with Gasteiger partial charge in [0.2, 0.25) is 0 Å². The summed E-state index contributed by atoms with van der Waals surface area (Å²) >= 11 is 1.08. The third-order valence-electron chi connectivity index (χ3n) is 1.79. The molecule has 18 heavy (non-hydrogen) atoms. The first-order valence-corrected chi connectivity index (χ1v) is 5.98. The third kappa shape index (κ3) is 3.04. The van der Waals surface area contributed by atoms with Gasteiger partial charge in [-0.2, -0.15) is 0 Å². The maximum absolute atomic E-state index is 11.3. The Morgan fingerprint density at radius 1 is 1.39 bits per heavy atom. The van der Waals surface area contributed by atoms with Crippen molar-refractivity contribution in [2.24, 2.45) is 0 Å². The highest BCUT2D eigenvalue weighted by atomic mass is 32.2. The fraction of sp³-hybridized carbons (Fsp3) is 0.300. The molecule has 2 aromatic heterocycles. The maximum atomic E-state index is 11.3. The Labute approximate surface area is 107 Å². The number of esters is 1. The standard InChI is InChI=1S/C10H10N4O3S/c1-3-16-8(15)7-13-14-10(17-7)18-9-11-4-6(2)5-12-9/h4-5H,3H2,1-2H3. The topological polar surface area (TPSA) is 91.0 Å². The lowest BCUT2D eigenvalue weighted by Crippen LogP contribution is -2.04. The lowest BCUT2D eigenvalue weighted by molar-refractivity contribution is 0.0475. The fourth-order valence-corrected chi connectivity index (χ4v) is 1.61. The van der Waals surface area contributed by atoms with E-state index in [0.29, 0.717) is 5.16 Å². The minimum atomic E-state index is -0.637. The molecule has 0 fully saturated rings. The summed E-state index contributed by atoms with van der Waals surface area (Å²) in [5.41, 5.74) is 0.956. The van der Waals surface area contributed by atoms with Crippen LogP contribution < -0.4 is 0 Å². The molecule has 2 heterocycles. The molecule has 0 aliphatic carbocycles. The molecule has 0 aromatic carbocycles.